The molecule has 0 radical (unpaired) electrons. The predicted octanol–water partition coefficient (Wildman–Crippen LogP) is 6.57. The molecule has 5 rings (SSSR count). The maximum absolute atomic E-state index is 13.1. The van der Waals surface area contributed by atoms with Gasteiger partial charge in [-0.3, -0.25) is 19.3 Å². The molecule has 0 amide bonds. The van der Waals surface area contributed by atoms with E-state index in [1.165, 1.54) is 73.2 Å². The van der Waals surface area contributed by atoms with Crippen LogP contribution in [-0.2, 0) is 6.54 Å². The van der Waals surface area contributed by atoms with Crippen molar-refractivity contribution in [2.45, 2.75) is 58.9 Å². The fourth-order valence-corrected chi connectivity index (χ4v) is 3.71. The lowest BCUT2D eigenvalue weighted by Gasteiger charge is -2.11. The third-order valence-corrected chi connectivity index (χ3v) is 5.51. The van der Waals surface area contributed by atoms with Gasteiger partial charge >= 0.3 is 0 Å². The third kappa shape index (κ3) is 7.73. The molecule has 1 fully saturated rings. The second kappa shape index (κ2) is 12.8. The SMILES string of the molecule is C1CCCC1.Cc1cccc(F)c1.Cc1cnc2ccc(=O)n(Cc3ncccc3C(F)F)c2n1. The molecule has 1 aliphatic rings. The first kappa shape index (κ1) is 26.1. The van der Waals surface area contributed by atoms with Gasteiger partial charge in [-0.25, -0.2) is 18.2 Å². The highest BCUT2D eigenvalue weighted by molar-refractivity contribution is 5.69. The van der Waals surface area contributed by atoms with Crippen molar-refractivity contribution in [3.05, 3.63) is 99.6 Å². The van der Waals surface area contributed by atoms with Gasteiger partial charge in [-0.05, 0) is 49.7 Å². The van der Waals surface area contributed by atoms with E-state index in [9.17, 15) is 18.0 Å². The van der Waals surface area contributed by atoms with E-state index < -0.39 is 6.43 Å². The van der Waals surface area contributed by atoms with E-state index in [4.69, 9.17) is 0 Å². The quantitative estimate of drug-likeness (QED) is 0.332. The Kier molecular flexibility index (Phi) is 9.52. The molecule has 0 aliphatic heterocycles. The molecule has 35 heavy (non-hydrogen) atoms. The van der Waals surface area contributed by atoms with E-state index in [0.29, 0.717) is 16.9 Å². The number of fused-ring (bicyclic) bond motifs is 1. The zero-order chi connectivity index (χ0) is 25.2. The average molecular weight is 483 g/mol. The van der Waals surface area contributed by atoms with Crippen LogP contribution < -0.4 is 5.56 Å². The number of halogens is 3. The molecule has 8 heteroatoms. The number of aromatic nitrogens is 4. The molecule has 0 atom stereocenters. The normalized spacial score (nSPS) is 12.6. The Morgan fingerprint density at radius 1 is 0.943 bits per heavy atom. The summed E-state index contributed by atoms with van der Waals surface area (Å²) < 4.78 is 39.6. The molecule has 0 bridgehead atoms. The average Bonchev–Trinajstić information content (AvgIpc) is 3.42. The number of hydrogen-bond donors (Lipinski definition) is 0. The zero-order valence-electron chi connectivity index (χ0n) is 19.9. The predicted molar refractivity (Wildman–Crippen MR) is 131 cm³/mol. The monoisotopic (exact) mass is 482 g/mol. The summed E-state index contributed by atoms with van der Waals surface area (Å²) in [6, 6.07) is 12.2. The van der Waals surface area contributed by atoms with Gasteiger partial charge in [0.2, 0.25) is 0 Å². The molecule has 3 heterocycles. The van der Waals surface area contributed by atoms with Crippen LogP contribution in [0.5, 0.6) is 0 Å². The molecule has 4 aromatic rings. The molecule has 1 aliphatic carbocycles. The van der Waals surface area contributed by atoms with Crippen molar-refractivity contribution in [1.82, 2.24) is 19.5 Å². The molecular formula is C27H29F3N4O. The molecular weight excluding hydrogens is 453 g/mol. The van der Waals surface area contributed by atoms with E-state index in [1.807, 2.05) is 13.0 Å². The number of rotatable bonds is 3. The first-order valence-electron chi connectivity index (χ1n) is 11.6. The molecule has 3 aromatic heterocycles. The van der Waals surface area contributed by atoms with Crippen LogP contribution in [0.3, 0.4) is 0 Å². The second-order valence-corrected chi connectivity index (χ2v) is 8.38. The summed E-state index contributed by atoms with van der Waals surface area (Å²) in [6.45, 7) is 3.54. The van der Waals surface area contributed by atoms with Crippen molar-refractivity contribution in [3.8, 4) is 0 Å². The van der Waals surface area contributed by atoms with Gasteiger partial charge in [-0.15, -0.1) is 0 Å². The maximum atomic E-state index is 13.1. The highest BCUT2D eigenvalue weighted by atomic mass is 19.3. The van der Waals surface area contributed by atoms with Crippen molar-refractivity contribution < 1.29 is 13.2 Å². The molecule has 0 N–H and O–H groups in total. The van der Waals surface area contributed by atoms with Crippen LogP contribution in [0.2, 0.25) is 0 Å². The molecule has 0 saturated heterocycles. The van der Waals surface area contributed by atoms with Crippen molar-refractivity contribution in [2.24, 2.45) is 0 Å². The standard InChI is InChI=1S/C15H12F2N4O.C7H7F.C5H10/c1-9-7-19-11-4-5-13(22)21(15(11)20-9)8-12-10(14(16)17)3-2-6-18-12;1-6-3-2-4-7(8)5-6;1-2-4-5-3-1/h2-7,14H,8H2,1H3;2-5H,1H3;1-5H2. The molecule has 1 aromatic carbocycles. The van der Waals surface area contributed by atoms with Gasteiger partial charge in [0.25, 0.3) is 12.0 Å². The fourth-order valence-electron chi connectivity index (χ4n) is 3.71. The molecule has 0 unspecified atom stereocenters. The van der Waals surface area contributed by atoms with Crippen LogP contribution >= 0.6 is 0 Å². The van der Waals surface area contributed by atoms with Gasteiger partial charge in [0.05, 0.1) is 17.9 Å². The van der Waals surface area contributed by atoms with Crippen molar-refractivity contribution in [2.75, 3.05) is 0 Å². The van der Waals surface area contributed by atoms with Gasteiger partial charge < -0.3 is 0 Å². The summed E-state index contributed by atoms with van der Waals surface area (Å²) in [6.07, 6.45) is 7.86. The third-order valence-electron chi connectivity index (χ3n) is 5.51. The van der Waals surface area contributed by atoms with Gasteiger partial charge in [0.1, 0.15) is 11.3 Å². The van der Waals surface area contributed by atoms with Crippen LogP contribution in [0.4, 0.5) is 13.2 Å². The number of hydrogen-bond acceptors (Lipinski definition) is 4. The molecule has 0 spiro atoms. The first-order chi connectivity index (χ1) is 16.8. The number of nitrogens with zero attached hydrogens (tertiary/aromatic N) is 4. The Bertz CT molecular complexity index is 1280. The number of alkyl halides is 2. The summed E-state index contributed by atoms with van der Waals surface area (Å²) in [5.74, 6) is -0.162. The van der Waals surface area contributed by atoms with Crippen LogP contribution in [0.15, 0.2) is 65.7 Å². The second-order valence-electron chi connectivity index (χ2n) is 8.38. The largest absolute Gasteiger partial charge is 0.285 e. The lowest BCUT2D eigenvalue weighted by molar-refractivity contribution is 0.149. The van der Waals surface area contributed by atoms with Crippen LogP contribution in [0.1, 0.15) is 61.0 Å². The van der Waals surface area contributed by atoms with Gasteiger partial charge in [-0.1, -0.05) is 44.2 Å². The molecule has 5 nitrogen and oxygen atoms in total. The first-order valence-corrected chi connectivity index (χ1v) is 11.6. The van der Waals surface area contributed by atoms with Crippen LogP contribution in [0.25, 0.3) is 11.2 Å². The number of benzene rings is 1. The van der Waals surface area contributed by atoms with Crippen molar-refractivity contribution in [1.29, 1.82) is 0 Å². The summed E-state index contributed by atoms with van der Waals surface area (Å²) >= 11 is 0. The zero-order valence-corrected chi connectivity index (χ0v) is 19.9. The molecule has 1 saturated carbocycles. The minimum Gasteiger partial charge on any atom is -0.285 e. The summed E-state index contributed by atoms with van der Waals surface area (Å²) in [7, 11) is 0. The van der Waals surface area contributed by atoms with Crippen LogP contribution in [-0.4, -0.2) is 19.5 Å². The maximum Gasteiger partial charge on any atom is 0.265 e. The van der Waals surface area contributed by atoms with E-state index in [0.717, 1.165) is 5.56 Å². The topological polar surface area (TPSA) is 60.7 Å². The van der Waals surface area contributed by atoms with E-state index in [2.05, 4.69) is 15.0 Å². The van der Waals surface area contributed by atoms with Crippen LogP contribution in [0, 0.1) is 19.7 Å². The number of pyridine rings is 2. The Morgan fingerprint density at radius 2 is 1.66 bits per heavy atom. The van der Waals surface area contributed by atoms with E-state index in [1.54, 1.807) is 25.3 Å². The Hall–Kier alpha value is -3.55. The highest BCUT2D eigenvalue weighted by Gasteiger charge is 2.15. The summed E-state index contributed by atoms with van der Waals surface area (Å²) in [5, 5.41) is 0. The minimum absolute atomic E-state index is 0.0746. The lowest BCUT2D eigenvalue weighted by Crippen LogP contribution is -2.22. The lowest BCUT2D eigenvalue weighted by atomic mass is 10.2. The van der Waals surface area contributed by atoms with E-state index >= 15 is 0 Å². The Labute approximate surface area is 202 Å². The van der Waals surface area contributed by atoms with E-state index in [-0.39, 0.29) is 29.2 Å². The summed E-state index contributed by atoms with van der Waals surface area (Å²) in [4.78, 5) is 24.6. The van der Waals surface area contributed by atoms with Gasteiger partial charge in [0.15, 0.2) is 5.65 Å². The Morgan fingerprint density at radius 3 is 2.26 bits per heavy atom. The van der Waals surface area contributed by atoms with Crippen molar-refractivity contribution in [3.63, 3.8) is 0 Å². The van der Waals surface area contributed by atoms with Gasteiger partial charge in [0, 0.05) is 24.0 Å². The number of aryl methyl sites for hydroxylation is 2. The summed E-state index contributed by atoms with van der Waals surface area (Å²) in [5.41, 5.74) is 2.12. The molecule has 184 valence electrons. The highest BCUT2D eigenvalue weighted by Crippen LogP contribution is 2.22. The minimum atomic E-state index is -2.65. The fraction of sp³-hybridized carbons (Fsp3) is 0.333. The van der Waals surface area contributed by atoms with Crippen molar-refractivity contribution >= 4 is 11.2 Å². The smallest absolute Gasteiger partial charge is 0.265 e. The van der Waals surface area contributed by atoms with Gasteiger partial charge in [-0.2, -0.15) is 0 Å². The Balaban J connectivity index is 0.000000214.